The molecule has 0 fully saturated rings. The second-order valence-electron chi connectivity index (χ2n) is 1.75. The molecule has 0 aliphatic rings. The van der Waals surface area contributed by atoms with Crippen LogP contribution in [-0.4, -0.2) is 17.9 Å². The SMILES string of the molecule is C[C](CCO)C(F)(F)F. The molecule has 0 heterocycles. The highest BCUT2D eigenvalue weighted by molar-refractivity contribution is 4.91. The van der Waals surface area contributed by atoms with Gasteiger partial charge in [0.15, 0.2) is 0 Å². The summed E-state index contributed by atoms with van der Waals surface area (Å²) in [5.41, 5.74) is 0. The minimum absolute atomic E-state index is 0.288. The van der Waals surface area contributed by atoms with Crippen molar-refractivity contribution in [1.82, 2.24) is 0 Å². The van der Waals surface area contributed by atoms with Crippen molar-refractivity contribution in [2.24, 2.45) is 0 Å². The zero-order valence-electron chi connectivity index (χ0n) is 5.00. The van der Waals surface area contributed by atoms with Crippen LogP contribution in [0, 0.1) is 5.92 Å². The summed E-state index contributed by atoms with van der Waals surface area (Å²) in [5.74, 6) is -0.634. The molecular weight excluding hydrogens is 133 g/mol. The molecule has 0 spiro atoms. The van der Waals surface area contributed by atoms with E-state index < -0.39 is 18.7 Å². The van der Waals surface area contributed by atoms with Gasteiger partial charge in [-0.2, -0.15) is 13.2 Å². The van der Waals surface area contributed by atoms with Crippen LogP contribution in [0.25, 0.3) is 0 Å². The van der Waals surface area contributed by atoms with E-state index in [2.05, 4.69) is 0 Å². The van der Waals surface area contributed by atoms with E-state index in [0.717, 1.165) is 6.92 Å². The summed E-state index contributed by atoms with van der Waals surface area (Å²) in [6, 6.07) is 0. The number of halogens is 3. The summed E-state index contributed by atoms with van der Waals surface area (Å²) >= 11 is 0. The van der Waals surface area contributed by atoms with E-state index in [-0.39, 0.29) is 6.42 Å². The third-order valence-corrected chi connectivity index (χ3v) is 0.971. The Bertz CT molecular complexity index is 78.8. The summed E-state index contributed by atoms with van der Waals surface area (Å²) in [6.45, 7) is 0.529. The summed E-state index contributed by atoms with van der Waals surface area (Å²) in [6.07, 6.45) is -4.52. The Morgan fingerprint density at radius 2 is 1.89 bits per heavy atom. The van der Waals surface area contributed by atoms with Gasteiger partial charge in [0.05, 0.1) is 5.92 Å². The highest BCUT2D eigenvalue weighted by Gasteiger charge is 2.35. The smallest absolute Gasteiger partial charge is 0.395 e. The van der Waals surface area contributed by atoms with Gasteiger partial charge < -0.3 is 5.11 Å². The number of hydrogen-bond acceptors (Lipinski definition) is 1. The van der Waals surface area contributed by atoms with Crippen molar-refractivity contribution in [2.45, 2.75) is 19.5 Å². The van der Waals surface area contributed by atoms with Crippen molar-refractivity contribution in [3.63, 3.8) is 0 Å². The number of aliphatic hydroxyl groups is 1. The number of alkyl halides is 3. The van der Waals surface area contributed by atoms with Crippen LogP contribution in [0.5, 0.6) is 0 Å². The molecular formula is C5H8F3O. The van der Waals surface area contributed by atoms with Gasteiger partial charge in [-0.05, 0) is 13.3 Å². The Hall–Kier alpha value is -0.250. The van der Waals surface area contributed by atoms with Gasteiger partial charge in [0.2, 0.25) is 0 Å². The number of rotatable bonds is 2. The van der Waals surface area contributed by atoms with Gasteiger partial charge in [-0.25, -0.2) is 0 Å². The molecule has 0 saturated carbocycles. The Balaban J connectivity index is 3.59. The summed E-state index contributed by atoms with van der Waals surface area (Å²) in [5, 5.41) is 8.08. The van der Waals surface area contributed by atoms with Crippen molar-refractivity contribution >= 4 is 0 Å². The van der Waals surface area contributed by atoms with Crippen molar-refractivity contribution in [3.05, 3.63) is 5.92 Å². The Labute approximate surface area is 51.5 Å². The molecule has 0 aromatic heterocycles. The maximum atomic E-state index is 11.5. The zero-order chi connectivity index (χ0) is 7.49. The molecule has 0 aromatic rings. The van der Waals surface area contributed by atoms with E-state index in [4.69, 9.17) is 5.11 Å². The van der Waals surface area contributed by atoms with Gasteiger partial charge in [-0.1, -0.05) is 0 Å². The monoisotopic (exact) mass is 141 g/mol. The fraction of sp³-hybridized carbons (Fsp3) is 0.800. The second kappa shape index (κ2) is 3.06. The molecule has 0 amide bonds. The Morgan fingerprint density at radius 1 is 1.44 bits per heavy atom. The topological polar surface area (TPSA) is 20.2 Å². The lowest BCUT2D eigenvalue weighted by Crippen LogP contribution is -2.18. The first-order valence-corrected chi connectivity index (χ1v) is 2.49. The van der Waals surface area contributed by atoms with Crippen molar-refractivity contribution < 1.29 is 18.3 Å². The third kappa shape index (κ3) is 3.35. The van der Waals surface area contributed by atoms with Crippen molar-refractivity contribution in [3.8, 4) is 0 Å². The van der Waals surface area contributed by atoms with E-state index in [9.17, 15) is 13.2 Å². The molecule has 0 saturated heterocycles. The van der Waals surface area contributed by atoms with E-state index >= 15 is 0 Å². The molecule has 0 aromatic carbocycles. The zero-order valence-corrected chi connectivity index (χ0v) is 5.00. The summed E-state index contributed by atoms with van der Waals surface area (Å²) in [7, 11) is 0. The molecule has 0 aliphatic heterocycles. The quantitative estimate of drug-likeness (QED) is 0.618. The first-order valence-electron chi connectivity index (χ1n) is 2.49. The molecule has 0 unspecified atom stereocenters. The molecule has 1 radical (unpaired) electrons. The second-order valence-corrected chi connectivity index (χ2v) is 1.75. The highest BCUT2D eigenvalue weighted by Crippen LogP contribution is 2.29. The maximum Gasteiger partial charge on any atom is 0.395 e. The van der Waals surface area contributed by atoms with Crippen LogP contribution >= 0.6 is 0 Å². The predicted octanol–water partition coefficient (Wildman–Crippen LogP) is 1.53. The minimum Gasteiger partial charge on any atom is -0.396 e. The van der Waals surface area contributed by atoms with Crippen LogP contribution < -0.4 is 0 Å². The molecule has 55 valence electrons. The molecule has 1 N–H and O–H groups in total. The lowest BCUT2D eigenvalue weighted by molar-refractivity contribution is -0.116. The standard InChI is InChI=1S/C5H8F3O/c1-4(2-3-9)5(6,7)8/h9H,2-3H2,1H3. The lowest BCUT2D eigenvalue weighted by Gasteiger charge is -2.12. The maximum absolute atomic E-state index is 11.5. The minimum atomic E-state index is -4.23. The largest absolute Gasteiger partial charge is 0.396 e. The van der Waals surface area contributed by atoms with Gasteiger partial charge >= 0.3 is 6.18 Å². The van der Waals surface area contributed by atoms with Gasteiger partial charge in [-0.15, -0.1) is 0 Å². The average Bonchev–Trinajstić information content (AvgIpc) is 1.64. The molecule has 0 atom stereocenters. The number of aliphatic hydroxyl groups excluding tert-OH is 1. The fourth-order valence-electron chi connectivity index (χ4n) is 0.309. The predicted molar refractivity (Wildman–Crippen MR) is 26.7 cm³/mol. The van der Waals surface area contributed by atoms with Crippen LogP contribution in [0.2, 0.25) is 0 Å². The normalized spacial score (nSPS) is 12.7. The molecule has 1 nitrogen and oxygen atoms in total. The first-order chi connectivity index (χ1) is 3.98. The number of hydrogen-bond donors (Lipinski definition) is 1. The van der Waals surface area contributed by atoms with E-state index in [1.807, 2.05) is 0 Å². The van der Waals surface area contributed by atoms with E-state index in [1.54, 1.807) is 0 Å². The third-order valence-electron chi connectivity index (χ3n) is 0.971. The van der Waals surface area contributed by atoms with Crippen LogP contribution in [0.3, 0.4) is 0 Å². The fourth-order valence-corrected chi connectivity index (χ4v) is 0.309. The van der Waals surface area contributed by atoms with Gasteiger partial charge in [0.1, 0.15) is 0 Å². The molecule has 0 rings (SSSR count). The van der Waals surface area contributed by atoms with Crippen LogP contribution in [0.4, 0.5) is 13.2 Å². The summed E-state index contributed by atoms with van der Waals surface area (Å²) in [4.78, 5) is 0. The Kier molecular flexibility index (Phi) is 2.97. The van der Waals surface area contributed by atoms with E-state index in [0.29, 0.717) is 0 Å². The van der Waals surface area contributed by atoms with Crippen molar-refractivity contribution in [2.75, 3.05) is 6.61 Å². The average molecular weight is 141 g/mol. The molecule has 4 heteroatoms. The lowest BCUT2D eigenvalue weighted by atomic mass is 10.1. The van der Waals surface area contributed by atoms with Crippen molar-refractivity contribution in [1.29, 1.82) is 0 Å². The first kappa shape index (κ1) is 8.75. The summed E-state index contributed by atoms with van der Waals surface area (Å²) < 4.78 is 34.5. The van der Waals surface area contributed by atoms with Gasteiger partial charge in [0, 0.05) is 6.61 Å². The van der Waals surface area contributed by atoms with Gasteiger partial charge in [-0.3, -0.25) is 0 Å². The Morgan fingerprint density at radius 3 is 2.00 bits per heavy atom. The van der Waals surface area contributed by atoms with Gasteiger partial charge in [0.25, 0.3) is 0 Å². The van der Waals surface area contributed by atoms with Crippen LogP contribution in [0.1, 0.15) is 13.3 Å². The highest BCUT2D eigenvalue weighted by atomic mass is 19.4. The van der Waals surface area contributed by atoms with E-state index in [1.165, 1.54) is 0 Å². The molecule has 9 heavy (non-hydrogen) atoms. The van der Waals surface area contributed by atoms with Crippen LogP contribution in [0.15, 0.2) is 0 Å². The molecule has 0 aliphatic carbocycles. The van der Waals surface area contributed by atoms with Crippen LogP contribution in [-0.2, 0) is 0 Å². The molecule has 0 bridgehead atoms.